The fourth-order valence-corrected chi connectivity index (χ4v) is 4.83. The monoisotopic (exact) mass is 342 g/mol. The summed E-state index contributed by atoms with van der Waals surface area (Å²) in [5, 5.41) is 3.31. The smallest absolute Gasteiger partial charge is 0.220 e. The van der Waals surface area contributed by atoms with Gasteiger partial charge in [-0.15, -0.1) is 0 Å². The standard InChI is InChI=1S/C21H30N2O2/c24-21(15-17-6-5-16-3-1-2-4-20(16)17)22-18-7-11-23(12-8-18)19-9-13-25-14-10-19/h1-4,17-19H,5-15H2,(H,22,24). The van der Waals surface area contributed by atoms with E-state index < -0.39 is 0 Å². The van der Waals surface area contributed by atoms with Crippen LogP contribution in [0, 0.1) is 0 Å². The Bertz CT molecular complexity index is 589. The number of carbonyl (C=O) groups is 1. The van der Waals surface area contributed by atoms with Gasteiger partial charge in [0.1, 0.15) is 0 Å². The van der Waals surface area contributed by atoms with Gasteiger partial charge in [0.25, 0.3) is 0 Å². The van der Waals surface area contributed by atoms with Crippen LogP contribution < -0.4 is 5.32 Å². The molecule has 4 rings (SSSR count). The van der Waals surface area contributed by atoms with Gasteiger partial charge in [0.05, 0.1) is 0 Å². The summed E-state index contributed by atoms with van der Waals surface area (Å²) < 4.78 is 5.47. The number of rotatable bonds is 4. The van der Waals surface area contributed by atoms with E-state index in [4.69, 9.17) is 4.74 Å². The molecule has 4 heteroatoms. The molecule has 1 amide bonds. The summed E-state index contributed by atoms with van der Waals surface area (Å²) in [5.41, 5.74) is 2.83. The van der Waals surface area contributed by atoms with Crippen molar-refractivity contribution in [3.8, 4) is 0 Å². The topological polar surface area (TPSA) is 41.6 Å². The Balaban J connectivity index is 1.23. The lowest BCUT2D eigenvalue weighted by Gasteiger charge is -2.39. The van der Waals surface area contributed by atoms with Crippen molar-refractivity contribution in [2.45, 2.75) is 62.9 Å². The van der Waals surface area contributed by atoms with E-state index in [9.17, 15) is 4.79 Å². The van der Waals surface area contributed by atoms with E-state index in [1.54, 1.807) is 0 Å². The lowest BCUT2D eigenvalue weighted by Crippen LogP contribution is -2.49. The fraction of sp³-hybridized carbons (Fsp3) is 0.667. The van der Waals surface area contributed by atoms with E-state index in [-0.39, 0.29) is 5.91 Å². The molecule has 1 atom stereocenters. The molecule has 0 spiro atoms. The third-order valence-corrected chi connectivity index (χ3v) is 6.29. The molecule has 2 aliphatic heterocycles. The molecule has 25 heavy (non-hydrogen) atoms. The second-order valence-electron chi connectivity index (χ2n) is 7.86. The number of ether oxygens (including phenoxy) is 1. The predicted octanol–water partition coefficient (Wildman–Crippen LogP) is 2.87. The summed E-state index contributed by atoms with van der Waals surface area (Å²) in [7, 11) is 0. The van der Waals surface area contributed by atoms with Crippen molar-refractivity contribution >= 4 is 5.91 Å². The molecule has 136 valence electrons. The summed E-state index contributed by atoms with van der Waals surface area (Å²) in [6.07, 6.45) is 7.40. The maximum Gasteiger partial charge on any atom is 0.220 e. The average Bonchev–Trinajstić information content (AvgIpc) is 3.06. The Morgan fingerprint density at radius 1 is 1.08 bits per heavy atom. The number of nitrogens with one attached hydrogen (secondary N) is 1. The minimum Gasteiger partial charge on any atom is -0.381 e. The number of fused-ring (bicyclic) bond motifs is 1. The van der Waals surface area contributed by atoms with E-state index in [2.05, 4.69) is 34.5 Å². The quantitative estimate of drug-likeness (QED) is 0.915. The van der Waals surface area contributed by atoms with Crippen molar-refractivity contribution in [1.82, 2.24) is 10.2 Å². The van der Waals surface area contributed by atoms with Crippen molar-refractivity contribution in [2.75, 3.05) is 26.3 Å². The molecule has 3 aliphatic rings. The molecule has 0 radical (unpaired) electrons. The Morgan fingerprint density at radius 2 is 1.84 bits per heavy atom. The third-order valence-electron chi connectivity index (χ3n) is 6.29. The number of piperidine rings is 1. The van der Waals surface area contributed by atoms with Crippen LogP contribution in [0.15, 0.2) is 24.3 Å². The molecule has 1 aromatic rings. The summed E-state index contributed by atoms with van der Waals surface area (Å²) in [6.45, 7) is 4.04. The highest BCUT2D eigenvalue weighted by atomic mass is 16.5. The molecule has 2 saturated heterocycles. The zero-order valence-corrected chi connectivity index (χ0v) is 15.1. The fourth-order valence-electron chi connectivity index (χ4n) is 4.83. The van der Waals surface area contributed by atoms with Gasteiger partial charge < -0.3 is 15.0 Å². The molecule has 2 heterocycles. The van der Waals surface area contributed by atoms with Gasteiger partial charge in [-0.25, -0.2) is 0 Å². The van der Waals surface area contributed by atoms with Crippen LogP contribution in [0.4, 0.5) is 0 Å². The van der Waals surface area contributed by atoms with Crippen LogP contribution >= 0.6 is 0 Å². The normalized spacial score (nSPS) is 25.7. The number of nitrogens with zero attached hydrogens (tertiary/aromatic N) is 1. The second kappa shape index (κ2) is 7.88. The van der Waals surface area contributed by atoms with Gasteiger partial charge in [-0.1, -0.05) is 24.3 Å². The molecule has 4 nitrogen and oxygen atoms in total. The molecular weight excluding hydrogens is 312 g/mol. The van der Waals surface area contributed by atoms with Gasteiger partial charge in [-0.2, -0.15) is 0 Å². The van der Waals surface area contributed by atoms with Crippen molar-refractivity contribution < 1.29 is 9.53 Å². The Hall–Kier alpha value is -1.39. The number of carbonyl (C=O) groups excluding carboxylic acids is 1. The third kappa shape index (κ3) is 4.06. The van der Waals surface area contributed by atoms with E-state index in [1.165, 1.54) is 11.1 Å². The minimum atomic E-state index is 0.242. The molecule has 0 bridgehead atoms. The molecule has 2 fully saturated rings. The number of hydrogen-bond donors (Lipinski definition) is 1. The largest absolute Gasteiger partial charge is 0.381 e. The molecule has 1 aliphatic carbocycles. The maximum atomic E-state index is 12.5. The van der Waals surface area contributed by atoms with Gasteiger partial charge in [0.15, 0.2) is 0 Å². The van der Waals surface area contributed by atoms with Gasteiger partial charge in [0.2, 0.25) is 5.91 Å². The van der Waals surface area contributed by atoms with Crippen molar-refractivity contribution in [3.05, 3.63) is 35.4 Å². The predicted molar refractivity (Wildman–Crippen MR) is 98.7 cm³/mol. The van der Waals surface area contributed by atoms with Crippen molar-refractivity contribution in [1.29, 1.82) is 0 Å². The first-order chi connectivity index (χ1) is 12.3. The van der Waals surface area contributed by atoms with Crippen LogP contribution in [0.25, 0.3) is 0 Å². The van der Waals surface area contributed by atoms with Crippen LogP contribution in [0.2, 0.25) is 0 Å². The zero-order valence-electron chi connectivity index (χ0n) is 15.1. The molecular formula is C21H30N2O2. The lowest BCUT2D eigenvalue weighted by molar-refractivity contribution is -0.122. The van der Waals surface area contributed by atoms with Crippen LogP contribution in [0.1, 0.15) is 55.6 Å². The van der Waals surface area contributed by atoms with E-state index in [1.807, 2.05) is 0 Å². The minimum absolute atomic E-state index is 0.242. The van der Waals surface area contributed by atoms with Crippen molar-refractivity contribution in [2.24, 2.45) is 0 Å². The lowest BCUT2D eigenvalue weighted by atomic mass is 9.96. The first-order valence-corrected chi connectivity index (χ1v) is 9.98. The Labute approximate surface area is 150 Å². The maximum absolute atomic E-state index is 12.5. The van der Waals surface area contributed by atoms with Crippen LogP contribution in [0.3, 0.4) is 0 Å². The molecule has 0 saturated carbocycles. The number of hydrogen-bond acceptors (Lipinski definition) is 3. The molecule has 1 aromatic carbocycles. The number of amides is 1. The summed E-state index contributed by atoms with van der Waals surface area (Å²) >= 11 is 0. The average molecular weight is 342 g/mol. The van der Waals surface area contributed by atoms with Crippen LogP contribution in [-0.4, -0.2) is 49.2 Å². The second-order valence-corrected chi connectivity index (χ2v) is 7.86. The first-order valence-electron chi connectivity index (χ1n) is 9.98. The zero-order chi connectivity index (χ0) is 17.1. The highest BCUT2D eigenvalue weighted by molar-refractivity contribution is 5.77. The van der Waals surface area contributed by atoms with Gasteiger partial charge >= 0.3 is 0 Å². The van der Waals surface area contributed by atoms with E-state index >= 15 is 0 Å². The Kier molecular flexibility index (Phi) is 5.37. The Morgan fingerprint density at radius 3 is 2.64 bits per heavy atom. The highest BCUT2D eigenvalue weighted by Crippen LogP contribution is 2.35. The van der Waals surface area contributed by atoms with Gasteiger partial charge in [0, 0.05) is 44.8 Å². The summed E-state index contributed by atoms with van der Waals surface area (Å²) in [6, 6.07) is 9.67. The first kappa shape index (κ1) is 17.0. The van der Waals surface area contributed by atoms with Crippen molar-refractivity contribution in [3.63, 3.8) is 0 Å². The van der Waals surface area contributed by atoms with Crippen LogP contribution in [0.5, 0.6) is 0 Å². The molecule has 0 aromatic heterocycles. The molecule has 1 N–H and O–H groups in total. The van der Waals surface area contributed by atoms with Gasteiger partial charge in [-0.3, -0.25) is 4.79 Å². The summed E-state index contributed by atoms with van der Waals surface area (Å²) in [4.78, 5) is 15.1. The number of likely N-dealkylation sites (tertiary alicyclic amines) is 1. The van der Waals surface area contributed by atoms with Crippen LogP contribution in [-0.2, 0) is 16.0 Å². The van der Waals surface area contributed by atoms with Gasteiger partial charge in [-0.05, 0) is 55.6 Å². The number of aryl methyl sites for hydroxylation is 1. The summed E-state index contributed by atoms with van der Waals surface area (Å²) in [5.74, 6) is 0.657. The van der Waals surface area contributed by atoms with E-state index in [0.29, 0.717) is 24.4 Å². The number of benzene rings is 1. The molecule has 1 unspecified atom stereocenters. The highest BCUT2D eigenvalue weighted by Gasteiger charge is 2.28. The SMILES string of the molecule is O=C(CC1CCc2ccccc21)NC1CCN(C2CCOCC2)CC1. The van der Waals surface area contributed by atoms with E-state index in [0.717, 1.165) is 64.8 Å².